The number of hydrogen-bond acceptors (Lipinski definition) is 5. The second kappa shape index (κ2) is 24.3. The highest BCUT2D eigenvalue weighted by molar-refractivity contribution is 5.83. The monoisotopic (exact) mass is 602 g/mol. The smallest absolute Gasteiger partial charge is 0.365 e. The molecule has 0 aliphatic carbocycles. The Balaban J connectivity index is 2.30. The summed E-state index contributed by atoms with van der Waals surface area (Å²) in [6.07, 6.45) is 26.9. The first-order valence-corrected chi connectivity index (χ1v) is 18.0. The van der Waals surface area contributed by atoms with Crippen LogP contribution < -0.4 is 0 Å². The van der Waals surface area contributed by atoms with Gasteiger partial charge in [-0.15, -0.1) is 0 Å². The Bertz CT molecular complexity index is 866. The summed E-state index contributed by atoms with van der Waals surface area (Å²) in [5.74, 6) is -1.11. The number of hydrogen-bond donors (Lipinski definition) is 1. The van der Waals surface area contributed by atoms with Crippen molar-refractivity contribution in [3.63, 3.8) is 0 Å². The highest BCUT2D eigenvalue weighted by Crippen LogP contribution is 2.34. The number of unbranched alkanes of at least 4 members (excludes halogenated alkanes) is 17. The van der Waals surface area contributed by atoms with Crippen LogP contribution in [0, 0.1) is 5.92 Å². The number of aryl methyl sites for hydroxylation is 1. The Morgan fingerprint density at radius 2 is 1.19 bits per heavy atom. The van der Waals surface area contributed by atoms with Gasteiger partial charge in [-0.1, -0.05) is 162 Å². The molecular formula is C38H66O5. The lowest BCUT2D eigenvalue weighted by Gasteiger charge is -2.27. The van der Waals surface area contributed by atoms with Crippen molar-refractivity contribution in [1.29, 1.82) is 0 Å². The van der Waals surface area contributed by atoms with Crippen LogP contribution in [-0.4, -0.2) is 17.0 Å². The van der Waals surface area contributed by atoms with Gasteiger partial charge in [0.05, 0.1) is 11.3 Å². The summed E-state index contributed by atoms with van der Waals surface area (Å²) in [5, 5.41) is 10.3. The first-order valence-electron chi connectivity index (χ1n) is 18.0. The van der Waals surface area contributed by atoms with E-state index in [0.717, 1.165) is 62.5 Å². The third-order valence-corrected chi connectivity index (χ3v) is 9.09. The molecule has 5 nitrogen and oxygen atoms in total. The molecule has 0 aromatic heterocycles. The van der Waals surface area contributed by atoms with E-state index < -0.39 is 17.4 Å². The van der Waals surface area contributed by atoms with Gasteiger partial charge in [0.15, 0.2) is 0 Å². The predicted octanol–water partition coefficient (Wildman–Crippen LogP) is 11.5. The standard InChI is InChI=1S/C38H66O5/c1-6-9-12-13-14-15-16-17-18-19-20-21-22-23-24-25-26-32(4)36(40)42-43-37(41)38(5,30-11-8-3)34-28-29-35(39)33(31-34)27-10-7-2/h28-29,31-32,39H,6-27,30H2,1-5H3. The van der Waals surface area contributed by atoms with Crippen LogP contribution >= 0.6 is 0 Å². The fourth-order valence-electron chi connectivity index (χ4n) is 5.76. The van der Waals surface area contributed by atoms with Crippen molar-refractivity contribution >= 4 is 11.9 Å². The molecule has 1 aromatic carbocycles. The van der Waals surface area contributed by atoms with Crippen LogP contribution in [0.5, 0.6) is 5.75 Å². The molecule has 2 unspecified atom stereocenters. The Morgan fingerprint density at radius 1 is 0.698 bits per heavy atom. The third-order valence-electron chi connectivity index (χ3n) is 9.09. The van der Waals surface area contributed by atoms with E-state index in [-0.39, 0.29) is 11.7 Å². The van der Waals surface area contributed by atoms with Gasteiger partial charge >= 0.3 is 11.9 Å². The van der Waals surface area contributed by atoms with E-state index in [1.165, 1.54) is 89.9 Å². The van der Waals surface area contributed by atoms with E-state index in [0.29, 0.717) is 6.42 Å². The highest BCUT2D eigenvalue weighted by atomic mass is 17.2. The molecule has 0 spiro atoms. The van der Waals surface area contributed by atoms with Crippen molar-refractivity contribution in [2.45, 2.75) is 188 Å². The minimum Gasteiger partial charge on any atom is -0.508 e. The van der Waals surface area contributed by atoms with Crippen molar-refractivity contribution in [3.05, 3.63) is 29.3 Å². The van der Waals surface area contributed by atoms with Crippen LogP contribution in [0.1, 0.15) is 187 Å². The Morgan fingerprint density at radius 3 is 1.70 bits per heavy atom. The van der Waals surface area contributed by atoms with Gasteiger partial charge in [-0.3, -0.25) is 0 Å². The number of rotatable bonds is 26. The fourth-order valence-corrected chi connectivity index (χ4v) is 5.76. The molecule has 1 aromatic rings. The van der Waals surface area contributed by atoms with Gasteiger partial charge in [-0.2, -0.15) is 0 Å². The lowest BCUT2D eigenvalue weighted by Crippen LogP contribution is -2.35. The minimum atomic E-state index is -0.956. The van der Waals surface area contributed by atoms with Crippen LogP contribution in [0.4, 0.5) is 0 Å². The van der Waals surface area contributed by atoms with Gasteiger partial charge in [0.1, 0.15) is 5.75 Å². The normalized spacial score (nSPS) is 13.4. The molecule has 0 amide bonds. The molecule has 248 valence electrons. The van der Waals surface area contributed by atoms with Crippen LogP contribution in [0.2, 0.25) is 0 Å². The lowest BCUT2D eigenvalue weighted by molar-refractivity contribution is -0.266. The maximum atomic E-state index is 13.3. The minimum absolute atomic E-state index is 0.248. The average Bonchev–Trinajstić information content (AvgIpc) is 3.01. The van der Waals surface area contributed by atoms with Gasteiger partial charge in [0.2, 0.25) is 0 Å². The average molecular weight is 603 g/mol. The molecular weight excluding hydrogens is 536 g/mol. The van der Waals surface area contributed by atoms with Gasteiger partial charge in [0, 0.05) is 0 Å². The predicted molar refractivity (Wildman–Crippen MR) is 179 cm³/mol. The summed E-state index contributed by atoms with van der Waals surface area (Å²) < 4.78 is 0. The zero-order chi connectivity index (χ0) is 31.8. The number of carbonyl (C=O) groups excluding carboxylic acids is 2. The summed E-state index contributed by atoms with van der Waals surface area (Å²) in [7, 11) is 0. The number of aromatic hydroxyl groups is 1. The quantitative estimate of drug-likeness (QED) is 0.0648. The maximum Gasteiger partial charge on any atom is 0.365 e. The zero-order valence-electron chi connectivity index (χ0n) is 28.7. The molecule has 0 fully saturated rings. The summed E-state index contributed by atoms with van der Waals surface area (Å²) in [6.45, 7) is 10.2. The molecule has 0 radical (unpaired) electrons. The summed E-state index contributed by atoms with van der Waals surface area (Å²) in [6, 6.07) is 5.34. The molecule has 0 heterocycles. The molecule has 0 aliphatic rings. The molecule has 2 atom stereocenters. The van der Waals surface area contributed by atoms with E-state index in [1.54, 1.807) is 12.1 Å². The van der Waals surface area contributed by atoms with Crippen molar-refractivity contribution in [1.82, 2.24) is 0 Å². The second-order valence-corrected chi connectivity index (χ2v) is 13.1. The lowest BCUT2D eigenvalue weighted by atomic mass is 9.77. The summed E-state index contributed by atoms with van der Waals surface area (Å²) >= 11 is 0. The molecule has 0 saturated heterocycles. The van der Waals surface area contributed by atoms with E-state index in [4.69, 9.17) is 9.78 Å². The Kier molecular flexibility index (Phi) is 22.0. The summed E-state index contributed by atoms with van der Waals surface area (Å²) in [5.41, 5.74) is 0.661. The number of phenolic OH excluding ortho intramolecular Hbond substituents is 1. The van der Waals surface area contributed by atoms with E-state index in [9.17, 15) is 14.7 Å². The molecule has 0 saturated carbocycles. The largest absolute Gasteiger partial charge is 0.508 e. The van der Waals surface area contributed by atoms with Gasteiger partial charge in [-0.25, -0.2) is 19.4 Å². The molecule has 0 bridgehead atoms. The summed E-state index contributed by atoms with van der Waals surface area (Å²) in [4.78, 5) is 36.1. The van der Waals surface area contributed by atoms with Gasteiger partial charge < -0.3 is 5.11 Å². The molecule has 0 aliphatic heterocycles. The van der Waals surface area contributed by atoms with Gasteiger partial charge in [0.25, 0.3) is 0 Å². The van der Waals surface area contributed by atoms with Crippen LogP contribution in [0.3, 0.4) is 0 Å². The second-order valence-electron chi connectivity index (χ2n) is 13.1. The van der Waals surface area contributed by atoms with Crippen LogP contribution in [-0.2, 0) is 31.2 Å². The Labute approximate surface area is 264 Å². The van der Waals surface area contributed by atoms with Crippen molar-refractivity contribution in [2.75, 3.05) is 0 Å². The number of phenols is 1. The third kappa shape index (κ3) is 16.6. The number of carbonyl (C=O) groups is 2. The topological polar surface area (TPSA) is 72.8 Å². The SMILES string of the molecule is CCCCCCCCCCCCCCCCCCC(C)C(=O)OOC(=O)C(C)(CCCC)c1ccc(O)c(CCCC)c1. The van der Waals surface area contributed by atoms with E-state index in [1.807, 2.05) is 19.9 Å². The molecule has 1 rings (SSSR count). The van der Waals surface area contributed by atoms with E-state index >= 15 is 0 Å². The molecule has 1 N–H and O–H groups in total. The van der Waals surface area contributed by atoms with Crippen LogP contribution in [0.15, 0.2) is 18.2 Å². The van der Waals surface area contributed by atoms with Gasteiger partial charge in [-0.05, 0) is 49.8 Å². The number of benzene rings is 1. The van der Waals surface area contributed by atoms with Crippen molar-refractivity contribution < 1.29 is 24.5 Å². The Hall–Kier alpha value is -2.04. The zero-order valence-corrected chi connectivity index (χ0v) is 28.7. The van der Waals surface area contributed by atoms with E-state index in [2.05, 4.69) is 20.8 Å². The fraction of sp³-hybridized carbons (Fsp3) is 0.789. The van der Waals surface area contributed by atoms with Crippen molar-refractivity contribution in [3.8, 4) is 5.75 Å². The molecule has 43 heavy (non-hydrogen) atoms. The first kappa shape index (κ1) is 39.0. The molecule has 5 heteroatoms. The first-order chi connectivity index (χ1) is 20.8. The van der Waals surface area contributed by atoms with Crippen LogP contribution in [0.25, 0.3) is 0 Å². The highest BCUT2D eigenvalue weighted by Gasteiger charge is 2.38. The maximum absolute atomic E-state index is 13.3. The van der Waals surface area contributed by atoms with Crippen molar-refractivity contribution in [2.24, 2.45) is 5.92 Å².